The van der Waals surface area contributed by atoms with Gasteiger partial charge in [-0.3, -0.25) is 19.2 Å². The molecule has 12 atom stereocenters. The SMILES string of the molecule is CC[Si](CC)(CC)O[C@H]1C[C@@H](O[Si](CC)(CC)CC)[C@@]2(C(=O)OC)CO[C@H]3C(=O)[C@@](C)([C@@H]4C(=O)[C@H]5C[C@@H]4[C@@H](OC(=O)c4ccccc4)C5)[C@@H]4C(=O)OC[C@@]14[C@@H]32. The monoisotopic (exact) mass is 796 g/mol. The number of carbonyl (C=O) groups excluding carboxylic acids is 5. The fourth-order valence-corrected chi connectivity index (χ4v) is 18.5. The van der Waals surface area contributed by atoms with Gasteiger partial charge >= 0.3 is 17.9 Å². The lowest BCUT2D eigenvalue weighted by molar-refractivity contribution is -0.221. The van der Waals surface area contributed by atoms with Crippen LogP contribution in [0.25, 0.3) is 0 Å². The van der Waals surface area contributed by atoms with Crippen LogP contribution in [0.2, 0.25) is 36.3 Å². The zero-order valence-electron chi connectivity index (χ0n) is 33.9. The van der Waals surface area contributed by atoms with E-state index in [2.05, 4.69) is 41.5 Å². The van der Waals surface area contributed by atoms with Crippen molar-refractivity contribution in [3.05, 3.63) is 35.9 Å². The smallest absolute Gasteiger partial charge is 0.338 e. The number of hydrogen-bond acceptors (Lipinski definition) is 11. The average molecular weight is 797 g/mol. The third-order valence-electron chi connectivity index (χ3n) is 16.0. The molecular weight excluding hydrogens is 737 g/mol. The molecule has 0 amide bonds. The Morgan fingerprint density at radius 2 is 1.42 bits per heavy atom. The molecule has 0 N–H and O–H groups in total. The van der Waals surface area contributed by atoms with E-state index in [0.717, 1.165) is 36.3 Å². The van der Waals surface area contributed by atoms with Crippen LogP contribution in [0.3, 0.4) is 0 Å². The van der Waals surface area contributed by atoms with E-state index in [1.807, 2.05) is 6.07 Å². The molecule has 6 fully saturated rings. The van der Waals surface area contributed by atoms with Crippen molar-refractivity contribution < 1.29 is 51.8 Å². The van der Waals surface area contributed by atoms with Gasteiger partial charge in [-0.1, -0.05) is 66.7 Å². The maximum atomic E-state index is 15.6. The van der Waals surface area contributed by atoms with Crippen molar-refractivity contribution in [1.29, 1.82) is 0 Å². The van der Waals surface area contributed by atoms with Gasteiger partial charge in [-0.05, 0) is 67.7 Å². The minimum Gasteiger partial charge on any atom is -0.468 e. The molecule has 1 aromatic carbocycles. The van der Waals surface area contributed by atoms with Crippen LogP contribution in [-0.4, -0.2) is 90.8 Å². The van der Waals surface area contributed by atoms with E-state index in [9.17, 15) is 19.2 Å². The van der Waals surface area contributed by atoms with Crippen LogP contribution in [0.15, 0.2) is 30.3 Å². The summed E-state index contributed by atoms with van der Waals surface area (Å²) < 4.78 is 39.5. The summed E-state index contributed by atoms with van der Waals surface area (Å²) in [6.45, 7) is 14.5. The Morgan fingerprint density at radius 3 is 1.98 bits per heavy atom. The van der Waals surface area contributed by atoms with Gasteiger partial charge in [0.05, 0.1) is 48.2 Å². The largest absolute Gasteiger partial charge is 0.468 e. The number of Topliss-reactive ketones (excluding diaryl/α,β-unsaturated/α-hetero) is 2. The molecule has 11 nitrogen and oxygen atoms in total. The number of rotatable bonds is 14. The van der Waals surface area contributed by atoms with Crippen LogP contribution in [0.4, 0.5) is 0 Å². The average Bonchev–Trinajstić information content (AvgIpc) is 3.98. The van der Waals surface area contributed by atoms with E-state index in [0.29, 0.717) is 24.8 Å². The molecule has 6 aliphatic rings. The van der Waals surface area contributed by atoms with Crippen molar-refractivity contribution in [3.8, 4) is 0 Å². The Balaban J connectivity index is 1.39. The second kappa shape index (κ2) is 14.6. The highest BCUT2D eigenvalue weighted by molar-refractivity contribution is 6.74. The second-order valence-corrected chi connectivity index (χ2v) is 26.9. The standard InChI is InChI=1S/C42H60O11Si2/c1-9-54(10-2,11-3)52-29-22-30(53-55(12-4,13-5)14-6)42(39(47)48-8)24-49-33-34(42)41(29)23-50-38(46)35(41)40(7,36(33)44)31-27-20-26(32(31)43)21-28(27)51-37(45)25-18-16-15-17-19-25/h15-19,26-31,33-35H,9-14,20-24H2,1-8H3/t26-,27+,28-,29-,30+,31-,33+,34+,35-,40-,41-,42-/m0/s1. The van der Waals surface area contributed by atoms with E-state index >= 15 is 4.79 Å². The lowest BCUT2D eigenvalue weighted by Gasteiger charge is -2.63. The molecular formula is C42H60O11Si2. The van der Waals surface area contributed by atoms with Gasteiger partial charge in [-0.25, -0.2) is 4.79 Å². The third kappa shape index (κ3) is 5.59. The summed E-state index contributed by atoms with van der Waals surface area (Å²) in [6.07, 6.45) is -1.89. The lowest BCUT2D eigenvalue weighted by atomic mass is 9.39. The minimum absolute atomic E-state index is 0.0685. The van der Waals surface area contributed by atoms with Gasteiger partial charge in [-0.15, -0.1) is 0 Å². The molecule has 13 heteroatoms. The first kappa shape index (κ1) is 40.5. The van der Waals surface area contributed by atoms with Crippen LogP contribution in [0.1, 0.15) is 78.1 Å². The molecule has 0 unspecified atom stereocenters. The van der Waals surface area contributed by atoms with Gasteiger partial charge in [0.2, 0.25) is 0 Å². The van der Waals surface area contributed by atoms with Crippen LogP contribution in [-0.2, 0) is 47.0 Å². The fraction of sp³-hybridized carbons (Fsp3) is 0.738. The Morgan fingerprint density at radius 1 is 0.818 bits per heavy atom. The predicted molar refractivity (Wildman–Crippen MR) is 207 cm³/mol. The molecule has 0 aromatic heterocycles. The zero-order valence-corrected chi connectivity index (χ0v) is 35.9. The summed E-state index contributed by atoms with van der Waals surface area (Å²) in [7, 11) is -3.44. The fourth-order valence-electron chi connectivity index (χ4n) is 12.7. The normalized spacial score (nSPS) is 39.1. The molecule has 4 aliphatic carbocycles. The van der Waals surface area contributed by atoms with Gasteiger partial charge in [-0.2, -0.15) is 0 Å². The molecule has 7 rings (SSSR count). The second-order valence-electron chi connectivity index (χ2n) is 17.5. The number of methoxy groups -OCH3 is 1. The Labute approximate surface area is 327 Å². The summed E-state index contributed by atoms with van der Waals surface area (Å²) in [4.78, 5) is 72.8. The molecule has 2 bridgehead atoms. The molecule has 1 aromatic rings. The quantitative estimate of drug-likeness (QED) is 0.115. The number of ketones is 2. The number of hydrogen-bond donors (Lipinski definition) is 0. The molecule has 2 heterocycles. The lowest BCUT2D eigenvalue weighted by Crippen LogP contribution is -2.75. The first-order valence-corrected chi connectivity index (χ1v) is 25.9. The van der Waals surface area contributed by atoms with Gasteiger partial charge in [0.15, 0.2) is 22.4 Å². The number of ether oxygens (including phenoxy) is 4. The maximum absolute atomic E-state index is 15.6. The molecule has 302 valence electrons. The molecule has 2 saturated heterocycles. The molecule has 55 heavy (non-hydrogen) atoms. The van der Waals surface area contributed by atoms with Crippen molar-refractivity contribution in [1.82, 2.24) is 0 Å². The first-order valence-electron chi connectivity index (χ1n) is 20.8. The summed E-state index contributed by atoms with van der Waals surface area (Å²) in [5.41, 5.74) is -3.76. The molecule has 4 saturated carbocycles. The van der Waals surface area contributed by atoms with Crippen molar-refractivity contribution in [3.63, 3.8) is 0 Å². The van der Waals surface area contributed by atoms with Crippen LogP contribution in [0, 0.1) is 45.8 Å². The Hall–Kier alpha value is -2.72. The van der Waals surface area contributed by atoms with E-state index in [-0.39, 0.29) is 24.8 Å². The van der Waals surface area contributed by atoms with Gasteiger partial charge < -0.3 is 27.8 Å². The highest BCUT2D eigenvalue weighted by Crippen LogP contribution is 2.73. The Bertz CT molecular complexity index is 1680. The van der Waals surface area contributed by atoms with Crippen LogP contribution < -0.4 is 0 Å². The highest BCUT2D eigenvalue weighted by atomic mass is 28.4. The number of fused-ring (bicyclic) bond motifs is 2. The third-order valence-corrected chi connectivity index (χ3v) is 25.3. The maximum Gasteiger partial charge on any atom is 0.338 e. The van der Waals surface area contributed by atoms with Crippen LogP contribution >= 0.6 is 0 Å². The topological polar surface area (TPSA) is 141 Å². The van der Waals surface area contributed by atoms with Crippen molar-refractivity contribution in [2.75, 3.05) is 20.3 Å². The molecule has 0 radical (unpaired) electrons. The number of esters is 3. The Kier molecular flexibility index (Phi) is 10.7. The first-order chi connectivity index (χ1) is 26.3. The summed E-state index contributed by atoms with van der Waals surface area (Å²) in [5.74, 6) is -5.78. The highest BCUT2D eigenvalue weighted by Gasteiger charge is 2.85. The van der Waals surface area contributed by atoms with Gasteiger partial charge in [0.1, 0.15) is 30.0 Å². The minimum atomic E-state index is -2.43. The van der Waals surface area contributed by atoms with E-state index in [4.69, 9.17) is 27.8 Å². The number of carbonyl (C=O) groups is 5. The van der Waals surface area contributed by atoms with E-state index in [1.165, 1.54) is 7.11 Å². The number of cyclic esters (lactones) is 1. The van der Waals surface area contributed by atoms with Crippen molar-refractivity contribution >= 4 is 46.1 Å². The molecule has 1 spiro atoms. The van der Waals surface area contributed by atoms with Gasteiger partial charge in [0, 0.05) is 23.7 Å². The summed E-state index contributed by atoms with van der Waals surface area (Å²) in [6, 6.07) is 13.8. The van der Waals surface area contributed by atoms with E-state index < -0.39 is 105 Å². The summed E-state index contributed by atoms with van der Waals surface area (Å²) >= 11 is 0. The van der Waals surface area contributed by atoms with Crippen molar-refractivity contribution in [2.24, 2.45) is 45.8 Å². The van der Waals surface area contributed by atoms with Crippen LogP contribution in [0.5, 0.6) is 0 Å². The number of benzene rings is 1. The van der Waals surface area contributed by atoms with Crippen molar-refractivity contribution in [2.45, 2.75) is 128 Å². The zero-order chi connectivity index (χ0) is 39.7. The van der Waals surface area contributed by atoms with Gasteiger partial charge in [0.25, 0.3) is 0 Å². The molecule has 2 aliphatic heterocycles. The predicted octanol–water partition coefficient (Wildman–Crippen LogP) is 6.54. The summed E-state index contributed by atoms with van der Waals surface area (Å²) in [5, 5.41) is 0. The van der Waals surface area contributed by atoms with E-state index in [1.54, 1.807) is 31.2 Å².